The van der Waals surface area contributed by atoms with Gasteiger partial charge in [0.05, 0.1) is 23.8 Å². The van der Waals surface area contributed by atoms with Gasteiger partial charge < -0.3 is 20.4 Å². The molecule has 0 radical (unpaired) electrons. The third-order valence-electron chi connectivity index (χ3n) is 8.03. The quantitative estimate of drug-likeness (QED) is 0.267. The molecule has 1 atom stereocenters. The summed E-state index contributed by atoms with van der Waals surface area (Å²) in [6.07, 6.45) is 4.80. The zero-order valence-corrected chi connectivity index (χ0v) is 24.2. The van der Waals surface area contributed by atoms with Gasteiger partial charge in [0.2, 0.25) is 17.8 Å². The highest BCUT2D eigenvalue weighted by Crippen LogP contribution is 2.35. The summed E-state index contributed by atoms with van der Waals surface area (Å²) in [5.74, 6) is 1.55. The molecule has 7 rings (SSSR count). The average molecular weight is 602 g/mol. The molecule has 43 heavy (non-hydrogen) atoms. The van der Waals surface area contributed by atoms with Gasteiger partial charge in [-0.2, -0.15) is 15.2 Å². The lowest BCUT2D eigenvalue weighted by Crippen LogP contribution is -2.69. The molecule has 0 bridgehead atoms. The smallest absolute Gasteiger partial charge is 0.249 e. The normalized spacial score (nSPS) is 17.5. The molecule has 1 spiro atoms. The highest BCUT2D eigenvalue weighted by molar-refractivity contribution is 7.16. The number of carbonyl (C=O) groups is 2. The summed E-state index contributed by atoms with van der Waals surface area (Å²) in [4.78, 5) is 45.4. The first-order valence-corrected chi connectivity index (χ1v) is 14.7. The van der Waals surface area contributed by atoms with Crippen molar-refractivity contribution in [2.75, 3.05) is 29.9 Å². The predicted octanol–water partition coefficient (Wildman–Crippen LogP) is 3.24. The number of halogens is 1. The maximum absolute atomic E-state index is 14.0. The monoisotopic (exact) mass is 601 g/mol. The van der Waals surface area contributed by atoms with Crippen LogP contribution in [0.3, 0.4) is 0 Å². The molecule has 15 heteroatoms. The molecule has 3 N–H and O–H groups in total. The molecular formula is C28H28FN11O2S. The van der Waals surface area contributed by atoms with Crippen molar-refractivity contribution in [3.8, 4) is 5.82 Å². The molecule has 2 aliphatic rings. The van der Waals surface area contributed by atoms with Crippen LogP contribution in [0.15, 0.2) is 48.2 Å². The van der Waals surface area contributed by atoms with E-state index in [4.69, 9.17) is 9.97 Å². The number of aromatic amines is 1. The zero-order valence-electron chi connectivity index (χ0n) is 23.4. The number of nitrogens with zero attached hydrogens (tertiary/aromatic N) is 8. The molecule has 2 fully saturated rings. The number of hydrogen-bond donors (Lipinski definition) is 3. The van der Waals surface area contributed by atoms with E-state index in [1.54, 1.807) is 17.2 Å². The third-order valence-corrected chi connectivity index (χ3v) is 8.84. The Hall–Kier alpha value is -4.92. The maximum Gasteiger partial charge on any atom is 0.249 e. The first kappa shape index (κ1) is 26.9. The number of anilines is 3. The van der Waals surface area contributed by atoms with Crippen molar-refractivity contribution in [1.29, 1.82) is 0 Å². The number of pyridine rings is 1. The van der Waals surface area contributed by atoms with Crippen LogP contribution in [0.1, 0.15) is 37.1 Å². The van der Waals surface area contributed by atoms with Crippen LogP contribution in [-0.2, 0) is 9.59 Å². The second-order valence-electron chi connectivity index (χ2n) is 10.9. The molecule has 5 aromatic heterocycles. The molecule has 13 nitrogen and oxygen atoms in total. The number of aryl methyl sites for hydroxylation is 1. The van der Waals surface area contributed by atoms with Crippen LogP contribution in [0.2, 0.25) is 0 Å². The standard InChI is InChI=1S/C28H28FN11O2S/c1-16-11-21(37-36-16)32-24-20-5-10-43-25(20)34-27(33-24)38-8-6-28(7-9-38)26(42)39(15-23(41)35-28)17(2)18-3-4-22(30-12-18)40-14-19(29)13-31-40/h3-5,10-14,17H,6-9,15H2,1-2H3,(H,35,41)(H2,32,33,34,36,37). The highest BCUT2D eigenvalue weighted by Gasteiger charge is 2.49. The van der Waals surface area contributed by atoms with Gasteiger partial charge in [0, 0.05) is 31.0 Å². The number of hydrogen-bond acceptors (Lipinski definition) is 10. The Labute approximate surface area is 249 Å². The van der Waals surface area contributed by atoms with Gasteiger partial charge in [-0.05, 0) is 49.8 Å². The summed E-state index contributed by atoms with van der Waals surface area (Å²) in [6, 6.07) is 7.01. The zero-order chi connectivity index (χ0) is 29.7. The summed E-state index contributed by atoms with van der Waals surface area (Å²) >= 11 is 1.53. The largest absolute Gasteiger partial charge is 0.341 e. The minimum absolute atomic E-state index is 0.0442. The fourth-order valence-electron chi connectivity index (χ4n) is 5.67. The van der Waals surface area contributed by atoms with Crippen molar-refractivity contribution in [3.05, 3.63) is 65.3 Å². The van der Waals surface area contributed by atoms with Gasteiger partial charge in [-0.15, -0.1) is 11.3 Å². The SMILES string of the molecule is Cc1cc(Nc2nc(N3CCC4(CC3)NC(=O)CN(C(C)c3ccc(-n5cc(F)cn5)nc3)C4=O)nc3sccc23)n[nH]1. The Morgan fingerprint density at radius 3 is 2.67 bits per heavy atom. The van der Waals surface area contributed by atoms with Crippen LogP contribution >= 0.6 is 11.3 Å². The van der Waals surface area contributed by atoms with Crippen LogP contribution in [0.4, 0.5) is 22.0 Å². The van der Waals surface area contributed by atoms with Gasteiger partial charge in [-0.25, -0.2) is 19.0 Å². The van der Waals surface area contributed by atoms with Crippen LogP contribution in [0, 0.1) is 12.7 Å². The molecule has 5 aromatic rings. The lowest BCUT2D eigenvalue weighted by Gasteiger charge is -2.47. The summed E-state index contributed by atoms with van der Waals surface area (Å²) in [5, 5.41) is 20.3. The Morgan fingerprint density at radius 2 is 1.98 bits per heavy atom. The van der Waals surface area contributed by atoms with Gasteiger partial charge in [0.1, 0.15) is 22.7 Å². The third kappa shape index (κ3) is 4.94. The second-order valence-corrected chi connectivity index (χ2v) is 11.7. The topological polar surface area (TPSA) is 150 Å². The van der Waals surface area contributed by atoms with Crippen LogP contribution in [0.25, 0.3) is 16.0 Å². The molecule has 0 aromatic carbocycles. The van der Waals surface area contributed by atoms with E-state index in [1.165, 1.54) is 22.2 Å². The van der Waals surface area contributed by atoms with E-state index in [0.29, 0.717) is 49.3 Å². The average Bonchev–Trinajstić information content (AvgIpc) is 3.76. The number of carbonyl (C=O) groups excluding carboxylic acids is 2. The number of nitrogens with one attached hydrogen (secondary N) is 3. The first-order chi connectivity index (χ1) is 20.8. The van der Waals surface area contributed by atoms with E-state index >= 15 is 0 Å². The van der Waals surface area contributed by atoms with Crippen molar-refractivity contribution in [2.24, 2.45) is 0 Å². The first-order valence-electron chi connectivity index (χ1n) is 13.9. The minimum atomic E-state index is -1.01. The lowest BCUT2D eigenvalue weighted by molar-refractivity contribution is -0.153. The number of aromatic nitrogens is 7. The molecular weight excluding hydrogens is 573 g/mol. The van der Waals surface area contributed by atoms with Gasteiger partial charge in [-0.1, -0.05) is 6.07 Å². The number of fused-ring (bicyclic) bond motifs is 1. The van der Waals surface area contributed by atoms with Gasteiger partial charge in [0.15, 0.2) is 17.5 Å². The van der Waals surface area contributed by atoms with Crippen LogP contribution in [-0.4, -0.2) is 76.8 Å². The number of thiophene rings is 1. The van der Waals surface area contributed by atoms with Gasteiger partial charge in [0.25, 0.3) is 0 Å². The van der Waals surface area contributed by atoms with E-state index < -0.39 is 17.4 Å². The highest BCUT2D eigenvalue weighted by atomic mass is 32.1. The Morgan fingerprint density at radius 1 is 1.14 bits per heavy atom. The number of piperazine rings is 1. The van der Waals surface area contributed by atoms with Gasteiger partial charge in [-0.3, -0.25) is 14.7 Å². The fourth-order valence-corrected chi connectivity index (χ4v) is 6.43. The number of rotatable bonds is 6. The molecule has 7 heterocycles. The summed E-state index contributed by atoms with van der Waals surface area (Å²) < 4.78 is 14.7. The molecule has 1 unspecified atom stereocenters. The Kier molecular flexibility index (Phi) is 6.53. The molecule has 220 valence electrons. The lowest BCUT2D eigenvalue weighted by atomic mass is 9.83. The molecule has 2 saturated heterocycles. The maximum atomic E-state index is 14.0. The van der Waals surface area contributed by atoms with Crippen molar-refractivity contribution in [1.82, 2.24) is 45.1 Å². The molecule has 2 aliphatic heterocycles. The second kappa shape index (κ2) is 10.4. The summed E-state index contributed by atoms with van der Waals surface area (Å²) in [5.41, 5.74) is 0.680. The van der Waals surface area contributed by atoms with Gasteiger partial charge >= 0.3 is 0 Å². The van der Waals surface area contributed by atoms with E-state index in [-0.39, 0.29) is 18.4 Å². The number of H-pyrrole nitrogens is 1. The van der Waals surface area contributed by atoms with E-state index in [2.05, 4.69) is 30.9 Å². The van der Waals surface area contributed by atoms with Crippen molar-refractivity contribution in [2.45, 2.75) is 38.3 Å². The van der Waals surface area contributed by atoms with E-state index in [0.717, 1.165) is 27.7 Å². The van der Waals surface area contributed by atoms with Crippen molar-refractivity contribution < 1.29 is 14.0 Å². The number of amides is 2. The summed E-state index contributed by atoms with van der Waals surface area (Å²) in [6.45, 7) is 4.74. The van der Waals surface area contributed by atoms with Crippen molar-refractivity contribution >= 4 is 51.0 Å². The van der Waals surface area contributed by atoms with E-state index in [1.807, 2.05) is 42.3 Å². The molecule has 0 saturated carbocycles. The van der Waals surface area contributed by atoms with Crippen molar-refractivity contribution in [3.63, 3.8) is 0 Å². The Balaban J connectivity index is 1.08. The predicted molar refractivity (Wildman–Crippen MR) is 158 cm³/mol. The minimum Gasteiger partial charge on any atom is -0.341 e. The Bertz CT molecular complexity index is 1820. The van der Waals surface area contributed by atoms with E-state index in [9.17, 15) is 14.0 Å². The molecule has 0 aliphatic carbocycles. The number of piperidine rings is 1. The summed E-state index contributed by atoms with van der Waals surface area (Å²) in [7, 11) is 0. The van der Waals surface area contributed by atoms with Crippen LogP contribution in [0.5, 0.6) is 0 Å². The van der Waals surface area contributed by atoms with Crippen LogP contribution < -0.4 is 15.5 Å². The fraction of sp³-hybridized carbons (Fsp3) is 0.321. The molecule has 2 amide bonds.